The maximum atomic E-state index is 12.7. The molecule has 0 unspecified atom stereocenters. The summed E-state index contributed by atoms with van der Waals surface area (Å²) in [6, 6.07) is 8.06. The Kier molecular flexibility index (Phi) is 4.01. The van der Waals surface area contributed by atoms with Crippen LogP contribution in [0.15, 0.2) is 30.5 Å². The molecule has 1 saturated heterocycles. The average molecular weight is 338 g/mol. The topological polar surface area (TPSA) is 70.1 Å². The van der Waals surface area contributed by atoms with Crippen molar-refractivity contribution in [3.63, 3.8) is 0 Å². The number of hydrogen-bond donors (Lipinski definition) is 1. The molecule has 2 aromatic heterocycles. The SMILES string of the molecule is Cc1c(C(=O)N2CCN(Cc3nc4ccccc4[nH]3)CC2)cnn1C. The first-order chi connectivity index (χ1) is 12.1. The number of aromatic amines is 1. The molecule has 4 rings (SSSR count). The lowest BCUT2D eigenvalue weighted by atomic mass is 10.2. The Bertz CT molecular complexity index is 870. The summed E-state index contributed by atoms with van der Waals surface area (Å²) in [4.78, 5) is 24.9. The maximum Gasteiger partial charge on any atom is 0.257 e. The number of nitrogens with one attached hydrogen (secondary N) is 1. The van der Waals surface area contributed by atoms with Gasteiger partial charge in [-0.3, -0.25) is 14.4 Å². The highest BCUT2D eigenvalue weighted by molar-refractivity contribution is 5.95. The number of rotatable bonds is 3. The molecule has 25 heavy (non-hydrogen) atoms. The quantitative estimate of drug-likeness (QED) is 0.787. The molecular formula is C18H22N6O. The van der Waals surface area contributed by atoms with Crippen molar-refractivity contribution < 1.29 is 4.79 Å². The summed E-state index contributed by atoms with van der Waals surface area (Å²) in [7, 11) is 1.86. The van der Waals surface area contributed by atoms with Crippen molar-refractivity contribution in [3.05, 3.63) is 47.5 Å². The standard InChI is InChI=1S/C18H22N6O/c1-13-14(11-19-22(13)2)18(25)24-9-7-23(8-10-24)12-17-20-15-5-3-4-6-16(15)21-17/h3-6,11H,7-10,12H2,1-2H3,(H,20,21). The summed E-state index contributed by atoms with van der Waals surface area (Å²) < 4.78 is 1.74. The molecule has 0 spiro atoms. The van der Waals surface area contributed by atoms with Crippen molar-refractivity contribution in [2.75, 3.05) is 26.2 Å². The van der Waals surface area contributed by atoms with Crippen molar-refractivity contribution in [2.45, 2.75) is 13.5 Å². The predicted molar refractivity (Wildman–Crippen MR) is 95.2 cm³/mol. The van der Waals surface area contributed by atoms with E-state index in [4.69, 9.17) is 0 Å². The fourth-order valence-corrected chi connectivity index (χ4v) is 3.28. The first kappa shape index (κ1) is 15.8. The molecule has 0 aliphatic carbocycles. The number of benzene rings is 1. The second-order valence-electron chi connectivity index (χ2n) is 6.54. The van der Waals surface area contributed by atoms with Crippen LogP contribution in [-0.4, -0.2) is 61.6 Å². The Hall–Kier alpha value is -2.67. The van der Waals surface area contributed by atoms with Crippen LogP contribution >= 0.6 is 0 Å². The van der Waals surface area contributed by atoms with Crippen LogP contribution in [0.2, 0.25) is 0 Å². The van der Waals surface area contributed by atoms with Crippen molar-refractivity contribution in [1.82, 2.24) is 29.5 Å². The Morgan fingerprint density at radius 1 is 1.20 bits per heavy atom. The van der Waals surface area contributed by atoms with E-state index in [0.717, 1.165) is 55.3 Å². The minimum absolute atomic E-state index is 0.0778. The number of imidazole rings is 1. The number of H-pyrrole nitrogens is 1. The van der Waals surface area contributed by atoms with Gasteiger partial charge in [-0.2, -0.15) is 5.10 Å². The lowest BCUT2D eigenvalue weighted by Crippen LogP contribution is -2.48. The van der Waals surface area contributed by atoms with Crippen LogP contribution < -0.4 is 0 Å². The third-order valence-electron chi connectivity index (χ3n) is 4.94. The van der Waals surface area contributed by atoms with Crippen LogP contribution in [0, 0.1) is 6.92 Å². The van der Waals surface area contributed by atoms with Crippen LogP contribution in [0.25, 0.3) is 11.0 Å². The monoisotopic (exact) mass is 338 g/mol. The lowest BCUT2D eigenvalue weighted by Gasteiger charge is -2.34. The molecule has 7 nitrogen and oxygen atoms in total. The van der Waals surface area contributed by atoms with E-state index in [1.54, 1.807) is 10.9 Å². The molecule has 1 amide bonds. The van der Waals surface area contributed by atoms with Crippen LogP contribution in [0.5, 0.6) is 0 Å². The van der Waals surface area contributed by atoms with E-state index < -0.39 is 0 Å². The summed E-state index contributed by atoms with van der Waals surface area (Å²) in [5.41, 5.74) is 3.68. The van der Waals surface area contributed by atoms with Crippen molar-refractivity contribution in [2.24, 2.45) is 7.05 Å². The number of para-hydroxylation sites is 2. The van der Waals surface area contributed by atoms with E-state index in [-0.39, 0.29) is 5.91 Å². The molecule has 0 bridgehead atoms. The number of amides is 1. The summed E-state index contributed by atoms with van der Waals surface area (Å²) in [5, 5.41) is 4.17. The third-order valence-corrected chi connectivity index (χ3v) is 4.94. The summed E-state index contributed by atoms with van der Waals surface area (Å²) in [6.45, 7) is 5.87. The molecule has 1 N–H and O–H groups in total. The van der Waals surface area contributed by atoms with Crippen molar-refractivity contribution in [1.29, 1.82) is 0 Å². The Balaban J connectivity index is 1.38. The molecule has 1 aliphatic rings. The number of aromatic nitrogens is 4. The summed E-state index contributed by atoms with van der Waals surface area (Å²) >= 11 is 0. The maximum absolute atomic E-state index is 12.7. The molecule has 0 atom stereocenters. The molecule has 1 aliphatic heterocycles. The van der Waals surface area contributed by atoms with Gasteiger partial charge in [0.1, 0.15) is 5.82 Å². The van der Waals surface area contributed by atoms with Gasteiger partial charge in [0.2, 0.25) is 0 Å². The highest BCUT2D eigenvalue weighted by Crippen LogP contribution is 2.15. The Morgan fingerprint density at radius 2 is 1.96 bits per heavy atom. The van der Waals surface area contributed by atoms with E-state index in [1.165, 1.54) is 0 Å². The second-order valence-corrected chi connectivity index (χ2v) is 6.54. The molecule has 1 fully saturated rings. The minimum Gasteiger partial charge on any atom is -0.341 e. The van der Waals surface area contributed by atoms with Crippen molar-refractivity contribution >= 4 is 16.9 Å². The highest BCUT2D eigenvalue weighted by atomic mass is 16.2. The van der Waals surface area contributed by atoms with E-state index >= 15 is 0 Å². The van der Waals surface area contributed by atoms with Gasteiger partial charge < -0.3 is 9.88 Å². The normalized spacial score (nSPS) is 15.8. The smallest absolute Gasteiger partial charge is 0.257 e. The number of piperazine rings is 1. The Morgan fingerprint density at radius 3 is 2.64 bits per heavy atom. The van der Waals surface area contributed by atoms with Gasteiger partial charge in [0.05, 0.1) is 29.3 Å². The van der Waals surface area contributed by atoms with E-state index in [0.29, 0.717) is 5.56 Å². The highest BCUT2D eigenvalue weighted by Gasteiger charge is 2.24. The van der Waals surface area contributed by atoms with Gasteiger partial charge in [0.25, 0.3) is 5.91 Å². The molecular weight excluding hydrogens is 316 g/mol. The summed E-state index contributed by atoms with van der Waals surface area (Å²) in [6.07, 6.45) is 1.67. The first-order valence-corrected chi connectivity index (χ1v) is 8.55. The zero-order valence-corrected chi connectivity index (χ0v) is 14.6. The van der Waals surface area contributed by atoms with Gasteiger partial charge in [-0.25, -0.2) is 4.98 Å². The minimum atomic E-state index is 0.0778. The molecule has 1 aromatic carbocycles. The van der Waals surface area contributed by atoms with E-state index in [1.807, 2.05) is 43.1 Å². The van der Waals surface area contributed by atoms with Gasteiger partial charge in [-0.15, -0.1) is 0 Å². The fraction of sp³-hybridized carbons (Fsp3) is 0.389. The van der Waals surface area contributed by atoms with Crippen LogP contribution in [-0.2, 0) is 13.6 Å². The molecule has 3 aromatic rings. The predicted octanol–water partition coefficient (Wildman–Crippen LogP) is 1.56. The largest absolute Gasteiger partial charge is 0.341 e. The molecule has 0 radical (unpaired) electrons. The number of nitrogens with zero attached hydrogens (tertiary/aromatic N) is 5. The molecule has 0 saturated carbocycles. The lowest BCUT2D eigenvalue weighted by molar-refractivity contribution is 0.0625. The zero-order chi connectivity index (χ0) is 17.4. The average Bonchev–Trinajstić information content (AvgIpc) is 3.18. The Labute approximate surface area is 146 Å². The van der Waals surface area contributed by atoms with Crippen LogP contribution in [0.1, 0.15) is 21.9 Å². The van der Waals surface area contributed by atoms with Gasteiger partial charge in [0, 0.05) is 38.9 Å². The van der Waals surface area contributed by atoms with Crippen LogP contribution in [0.3, 0.4) is 0 Å². The number of carbonyl (C=O) groups is 1. The van der Waals surface area contributed by atoms with Gasteiger partial charge in [-0.05, 0) is 19.1 Å². The van der Waals surface area contributed by atoms with Crippen molar-refractivity contribution in [3.8, 4) is 0 Å². The molecule has 3 heterocycles. The second kappa shape index (κ2) is 6.33. The molecule has 7 heteroatoms. The first-order valence-electron chi connectivity index (χ1n) is 8.55. The fourth-order valence-electron chi connectivity index (χ4n) is 3.28. The van der Waals surface area contributed by atoms with Gasteiger partial charge >= 0.3 is 0 Å². The summed E-state index contributed by atoms with van der Waals surface area (Å²) in [5.74, 6) is 1.05. The number of hydrogen-bond acceptors (Lipinski definition) is 4. The third kappa shape index (κ3) is 3.02. The molecule has 130 valence electrons. The van der Waals surface area contributed by atoms with E-state index in [9.17, 15) is 4.79 Å². The number of carbonyl (C=O) groups excluding carboxylic acids is 1. The van der Waals surface area contributed by atoms with E-state index in [2.05, 4.69) is 20.0 Å². The van der Waals surface area contributed by atoms with Gasteiger partial charge in [-0.1, -0.05) is 12.1 Å². The number of aryl methyl sites for hydroxylation is 1. The zero-order valence-electron chi connectivity index (χ0n) is 14.6. The van der Waals surface area contributed by atoms with Crippen LogP contribution in [0.4, 0.5) is 0 Å². The van der Waals surface area contributed by atoms with Gasteiger partial charge in [0.15, 0.2) is 0 Å². The number of fused-ring (bicyclic) bond motifs is 1.